The van der Waals surface area contributed by atoms with Crippen molar-refractivity contribution in [2.45, 2.75) is 45.7 Å². The molecule has 0 radical (unpaired) electrons. The van der Waals surface area contributed by atoms with E-state index in [2.05, 4.69) is 48.3 Å². The van der Waals surface area contributed by atoms with Crippen molar-refractivity contribution in [2.75, 3.05) is 0 Å². The van der Waals surface area contributed by atoms with Crippen molar-refractivity contribution in [2.24, 2.45) is 4.99 Å². The van der Waals surface area contributed by atoms with Crippen molar-refractivity contribution in [3.8, 4) is 11.1 Å². The summed E-state index contributed by atoms with van der Waals surface area (Å²) >= 11 is 0. The van der Waals surface area contributed by atoms with Crippen LogP contribution in [0, 0.1) is 0 Å². The van der Waals surface area contributed by atoms with Crippen molar-refractivity contribution >= 4 is 11.7 Å². The fourth-order valence-corrected chi connectivity index (χ4v) is 3.07. The lowest BCUT2D eigenvalue weighted by molar-refractivity contribution is -0.130. The van der Waals surface area contributed by atoms with Crippen LogP contribution in [0.3, 0.4) is 0 Å². The number of amides is 1. The second-order valence-electron chi connectivity index (χ2n) is 6.79. The summed E-state index contributed by atoms with van der Waals surface area (Å²) in [6.45, 7) is 6.49. The molecule has 124 valence electrons. The Morgan fingerprint density at radius 3 is 2.21 bits per heavy atom. The quantitative estimate of drug-likeness (QED) is 0.787. The molecule has 24 heavy (non-hydrogen) atoms. The topological polar surface area (TPSA) is 32.7 Å². The van der Waals surface area contributed by atoms with Crippen molar-refractivity contribution in [1.82, 2.24) is 4.90 Å². The maximum atomic E-state index is 12.6. The maximum absolute atomic E-state index is 12.6. The Bertz CT molecular complexity index is 745. The van der Waals surface area contributed by atoms with Gasteiger partial charge in [-0.1, -0.05) is 61.5 Å². The van der Waals surface area contributed by atoms with Crippen LogP contribution in [0.25, 0.3) is 11.1 Å². The van der Waals surface area contributed by atoms with Crippen LogP contribution in [0.2, 0.25) is 0 Å². The third-order valence-corrected chi connectivity index (χ3v) is 4.36. The molecule has 0 saturated carbocycles. The van der Waals surface area contributed by atoms with Crippen LogP contribution in [-0.2, 0) is 11.3 Å². The summed E-state index contributed by atoms with van der Waals surface area (Å²) in [5.41, 5.74) is 2.89. The number of hydrogen-bond donors (Lipinski definition) is 0. The van der Waals surface area contributed by atoms with Gasteiger partial charge in [0.25, 0.3) is 5.91 Å². The van der Waals surface area contributed by atoms with E-state index in [1.54, 1.807) is 0 Å². The van der Waals surface area contributed by atoms with E-state index in [4.69, 9.17) is 0 Å². The van der Waals surface area contributed by atoms with E-state index in [-0.39, 0.29) is 5.91 Å². The molecule has 1 aliphatic heterocycles. The highest BCUT2D eigenvalue weighted by molar-refractivity contribution is 6.07. The minimum Gasteiger partial charge on any atom is -0.294 e. The molecule has 0 fully saturated rings. The number of carbonyl (C=O) groups excluding carboxylic acids is 1. The van der Waals surface area contributed by atoms with Gasteiger partial charge < -0.3 is 0 Å². The summed E-state index contributed by atoms with van der Waals surface area (Å²) < 4.78 is 0. The lowest BCUT2D eigenvalue weighted by Crippen LogP contribution is -2.38. The standard InChI is InChI=1S/C21H24N2O/c1-4-8-19-22-21(2,3)20(24)23(19)15-16-11-13-18(14-12-16)17-9-6-5-7-10-17/h5-7,9-14H,4,8,15H2,1-3H3. The van der Waals surface area contributed by atoms with E-state index >= 15 is 0 Å². The number of carbonyl (C=O) groups is 1. The van der Waals surface area contributed by atoms with E-state index in [9.17, 15) is 4.79 Å². The highest BCUT2D eigenvalue weighted by Crippen LogP contribution is 2.26. The average Bonchev–Trinajstić information content (AvgIpc) is 2.80. The molecule has 0 unspecified atom stereocenters. The molecule has 0 N–H and O–H groups in total. The van der Waals surface area contributed by atoms with E-state index < -0.39 is 5.54 Å². The molecule has 0 saturated heterocycles. The molecular formula is C21H24N2O. The van der Waals surface area contributed by atoms with E-state index in [1.807, 2.05) is 36.9 Å². The van der Waals surface area contributed by atoms with E-state index in [0.29, 0.717) is 6.54 Å². The number of amidine groups is 1. The maximum Gasteiger partial charge on any atom is 0.255 e. The van der Waals surface area contributed by atoms with Gasteiger partial charge in [0.2, 0.25) is 0 Å². The first-order valence-electron chi connectivity index (χ1n) is 8.56. The van der Waals surface area contributed by atoms with Gasteiger partial charge in [-0.3, -0.25) is 14.7 Å². The fraction of sp³-hybridized carbons (Fsp3) is 0.333. The monoisotopic (exact) mass is 320 g/mol. The van der Waals surface area contributed by atoms with Crippen molar-refractivity contribution < 1.29 is 4.79 Å². The average molecular weight is 320 g/mol. The smallest absolute Gasteiger partial charge is 0.255 e. The fourth-order valence-electron chi connectivity index (χ4n) is 3.07. The predicted octanol–water partition coefficient (Wildman–Crippen LogP) is 4.67. The van der Waals surface area contributed by atoms with Crippen LogP contribution in [0.5, 0.6) is 0 Å². The van der Waals surface area contributed by atoms with Crippen molar-refractivity contribution in [3.63, 3.8) is 0 Å². The second kappa shape index (κ2) is 6.60. The van der Waals surface area contributed by atoms with Gasteiger partial charge in [-0.05, 0) is 37.0 Å². The van der Waals surface area contributed by atoms with Crippen LogP contribution in [0.1, 0.15) is 39.2 Å². The second-order valence-corrected chi connectivity index (χ2v) is 6.79. The molecular weight excluding hydrogens is 296 g/mol. The zero-order valence-electron chi connectivity index (χ0n) is 14.6. The number of nitrogens with zero attached hydrogens (tertiary/aromatic N) is 2. The first kappa shape index (κ1) is 16.4. The van der Waals surface area contributed by atoms with E-state index in [0.717, 1.165) is 24.2 Å². The molecule has 3 rings (SSSR count). The zero-order valence-corrected chi connectivity index (χ0v) is 14.6. The van der Waals surface area contributed by atoms with Crippen LogP contribution in [0.15, 0.2) is 59.6 Å². The molecule has 3 nitrogen and oxygen atoms in total. The largest absolute Gasteiger partial charge is 0.294 e. The van der Waals surface area contributed by atoms with Gasteiger partial charge in [-0.25, -0.2) is 0 Å². The zero-order chi connectivity index (χ0) is 17.2. The lowest BCUT2D eigenvalue weighted by atomic mass is 10.0. The summed E-state index contributed by atoms with van der Waals surface area (Å²) in [7, 11) is 0. The van der Waals surface area contributed by atoms with Crippen LogP contribution < -0.4 is 0 Å². The third kappa shape index (κ3) is 3.25. The molecule has 0 bridgehead atoms. The van der Waals surface area contributed by atoms with Crippen molar-refractivity contribution in [1.29, 1.82) is 0 Å². The molecule has 0 atom stereocenters. The summed E-state index contributed by atoms with van der Waals surface area (Å²) in [5, 5.41) is 0. The Balaban J connectivity index is 1.78. The first-order valence-corrected chi connectivity index (χ1v) is 8.56. The highest BCUT2D eigenvalue weighted by atomic mass is 16.2. The van der Waals surface area contributed by atoms with Crippen molar-refractivity contribution in [3.05, 3.63) is 60.2 Å². The molecule has 1 heterocycles. The third-order valence-electron chi connectivity index (χ3n) is 4.36. The first-order chi connectivity index (χ1) is 11.5. The van der Waals surface area contributed by atoms with Gasteiger partial charge in [0, 0.05) is 6.42 Å². The van der Waals surface area contributed by atoms with Crippen LogP contribution in [-0.4, -0.2) is 22.2 Å². The molecule has 0 aliphatic carbocycles. The molecule has 2 aromatic rings. The van der Waals surface area contributed by atoms with Gasteiger partial charge >= 0.3 is 0 Å². The molecule has 1 amide bonds. The highest BCUT2D eigenvalue weighted by Gasteiger charge is 2.40. The molecule has 1 aliphatic rings. The van der Waals surface area contributed by atoms with Gasteiger partial charge in [0.05, 0.1) is 6.54 Å². The minimum atomic E-state index is -0.630. The summed E-state index contributed by atoms with van der Waals surface area (Å²) in [4.78, 5) is 19.1. The van der Waals surface area contributed by atoms with Crippen LogP contribution in [0.4, 0.5) is 0 Å². The molecule has 0 spiro atoms. The molecule has 3 heteroatoms. The predicted molar refractivity (Wildman–Crippen MR) is 98.9 cm³/mol. The van der Waals surface area contributed by atoms with Crippen LogP contribution >= 0.6 is 0 Å². The summed E-state index contributed by atoms with van der Waals surface area (Å²) in [5.74, 6) is 1.01. The normalized spacial score (nSPS) is 16.4. The van der Waals surface area contributed by atoms with Gasteiger partial charge in [0.1, 0.15) is 11.4 Å². The Hall–Kier alpha value is -2.42. The molecule has 0 aromatic heterocycles. The number of rotatable bonds is 5. The Morgan fingerprint density at radius 1 is 0.958 bits per heavy atom. The molecule has 2 aromatic carbocycles. The van der Waals surface area contributed by atoms with Gasteiger partial charge in [-0.2, -0.15) is 0 Å². The Kier molecular flexibility index (Phi) is 4.52. The number of aliphatic imine (C=N–C) groups is 1. The Labute approximate surface area is 144 Å². The lowest BCUT2D eigenvalue weighted by Gasteiger charge is -2.21. The SMILES string of the molecule is CCCC1=NC(C)(C)C(=O)N1Cc1ccc(-c2ccccc2)cc1. The Morgan fingerprint density at radius 2 is 1.58 bits per heavy atom. The number of benzene rings is 2. The van der Waals surface area contributed by atoms with Gasteiger partial charge in [-0.15, -0.1) is 0 Å². The number of hydrogen-bond acceptors (Lipinski definition) is 2. The summed E-state index contributed by atoms with van der Waals surface area (Å²) in [6, 6.07) is 18.8. The summed E-state index contributed by atoms with van der Waals surface area (Å²) in [6.07, 6.45) is 1.84. The van der Waals surface area contributed by atoms with Gasteiger partial charge in [0.15, 0.2) is 0 Å². The minimum absolute atomic E-state index is 0.0954. The van der Waals surface area contributed by atoms with E-state index in [1.165, 1.54) is 11.1 Å².